The number of nitrogens with one attached hydrogen (secondary N) is 1. The van der Waals surface area contributed by atoms with Gasteiger partial charge in [-0.2, -0.15) is 0 Å². The molecule has 1 aliphatic rings. The van der Waals surface area contributed by atoms with Crippen molar-refractivity contribution < 1.29 is 4.79 Å². The number of nitrogens with zero attached hydrogens (tertiary/aromatic N) is 3. The summed E-state index contributed by atoms with van der Waals surface area (Å²) in [6, 6.07) is 4.04. The number of aromatic nitrogens is 2. The third-order valence-electron chi connectivity index (χ3n) is 3.95. The Bertz CT molecular complexity index is 632. The summed E-state index contributed by atoms with van der Waals surface area (Å²) in [5, 5.41) is 5.00. The van der Waals surface area contributed by atoms with Crippen molar-refractivity contribution in [3.8, 4) is 0 Å². The largest absolute Gasteiger partial charge is 0.350 e. The number of imidazole rings is 1. The van der Waals surface area contributed by atoms with Crippen molar-refractivity contribution in [2.75, 3.05) is 13.1 Å². The molecule has 2 aromatic heterocycles. The van der Waals surface area contributed by atoms with E-state index in [0.29, 0.717) is 13.1 Å². The molecule has 0 unspecified atom stereocenters. The molecular weight excluding hydrogens is 284 g/mol. The van der Waals surface area contributed by atoms with Gasteiger partial charge in [-0.15, -0.1) is 11.3 Å². The summed E-state index contributed by atoms with van der Waals surface area (Å²) in [6.07, 6.45) is 0. The minimum Gasteiger partial charge on any atom is -0.350 e. The zero-order valence-electron chi connectivity index (χ0n) is 12.4. The fourth-order valence-electron chi connectivity index (χ4n) is 2.65. The van der Waals surface area contributed by atoms with E-state index in [2.05, 4.69) is 26.7 Å². The Kier molecular flexibility index (Phi) is 4.07. The number of hydrogen-bond acceptors (Lipinski definition) is 4. The number of amides is 1. The first-order valence-electron chi connectivity index (χ1n) is 7.17. The van der Waals surface area contributed by atoms with Crippen LogP contribution in [0, 0.1) is 13.8 Å². The molecule has 0 radical (unpaired) electrons. The Morgan fingerprint density at radius 1 is 1.43 bits per heavy atom. The van der Waals surface area contributed by atoms with Gasteiger partial charge < -0.3 is 9.88 Å². The number of hydrogen-bond donors (Lipinski definition) is 1. The highest BCUT2D eigenvalue weighted by Gasteiger charge is 2.21. The van der Waals surface area contributed by atoms with E-state index in [9.17, 15) is 4.79 Å². The van der Waals surface area contributed by atoms with Gasteiger partial charge in [0.15, 0.2) is 0 Å². The van der Waals surface area contributed by atoms with E-state index in [1.807, 2.05) is 24.4 Å². The van der Waals surface area contributed by atoms with Gasteiger partial charge in [-0.25, -0.2) is 4.98 Å². The first kappa shape index (κ1) is 14.3. The quantitative estimate of drug-likeness (QED) is 0.935. The lowest BCUT2D eigenvalue weighted by atomic mass is 10.3. The fraction of sp³-hybridized carbons (Fsp3) is 0.467. The van der Waals surface area contributed by atoms with Crippen molar-refractivity contribution in [3.05, 3.63) is 39.6 Å². The molecule has 6 heteroatoms. The van der Waals surface area contributed by atoms with Gasteiger partial charge in [-0.3, -0.25) is 9.69 Å². The minimum atomic E-state index is 0.0804. The molecule has 0 spiro atoms. The number of thiophene rings is 1. The van der Waals surface area contributed by atoms with Crippen LogP contribution in [0.4, 0.5) is 0 Å². The number of fused-ring (bicyclic) bond motifs is 1. The number of rotatable bonds is 4. The summed E-state index contributed by atoms with van der Waals surface area (Å²) < 4.78 is 2.26. The molecule has 3 heterocycles. The van der Waals surface area contributed by atoms with Crippen molar-refractivity contribution in [3.63, 3.8) is 0 Å². The van der Waals surface area contributed by atoms with Crippen molar-refractivity contribution in [2.24, 2.45) is 0 Å². The summed E-state index contributed by atoms with van der Waals surface area (Å²) >= 11 is 1.66. The van der Waals surface area contributed by atoms with Crippen LogP contribution in [0.5, 0.6) is 0 Å². The number of carbonyl (C=O) groups is 1. The van der Waals surface area contributed by atoms with Crippen LogP contribution in [-0.2, 0) is 24.4 Å². The molecule has 1 aliphatic heterocycles. The number of carbonyl (C=O) groups excluding carboxylic acids is 1. The van der Waals surface area contributed by atoms with Crippen LogP contribution in [0.15, 0.2) is 17.5 Å². The molecule has 21 heavy (non-hydrogen) atoms. The monoisotopic (exact) mass is 304 g/mol. The van der Waals surface area contributed by atoms with Crippen molar-refractivity contribution >= 4 is 17.2 Å². The summed E-state index contributed by atoms with van der Waals surface area (Å²) in [7, 11) is 0. The van der Waals surface area contributed by atoms with Gasteiger partial charge in [0.1, 0.15) is 5.82 Å². The maximum atomic E-state index is 12.0. The van der Waals surface area contributed by atoms with Crippen LogP contribution in [0.1, 0.15) is 22.1 Å². The molecule has 0 saturated heterocycles. The molecule has 0 aromatic carbocycles. The lowest BCUT2D eigenvalue weighted by Gasteiger charge is -2.27. The van der Waals surface area contributed by atoms with E-state index < -0.39 is 0 Å². The topological polar surface area (TPSA) is 50.2 Å². The van der Waals surface area contributed by atoms with Crippen molar-refractivity contribution in [2.45, 2.75) is 33.5 Å². The Balaban J connectivity index is 1.53. The molecule has 0 fully saturated rings. The second kappa shape index (κ2) is 5.99. The van der Waals surface area contributed by atoms with Gasteiger partial charge in [0.25, 0.3) is 0 Å². The van der Waals surface area contributed by atoms with Crippen LogP contribution in [0.3, 0.4) is 0 Å². The van der Waals surface area contributed by atoms with Gasteiger partial charge in [0.2, 0.25) is 5.91 Å². The Hall–Kier alpha value is -1.66. The van der Waals surface area contributed by atoms with Crippen LogP contribution in [0.2, 0.25) is 0 Å². The SMILES string of the molecule is Cc1nc2n(c1C)CCN(CC(=O)NCc1cccs1)C2. The zero-order valence-corrected chi connectivity index (χ0v) is 13.2. The molecule has 0 bridgehead atoms. The third kappa shape index (κ3) is 3.16. The van der Waals surface area contributed by atoms with Gasteiger partial charge in [-0.1, -0.05) is 6.07 Å². The van der Waals surface area contributed by atoms with Crippen LogP contribution < -0.4 is 5.32 Å². The van der Waals surface area contributed by atoms with Crippen LogP contribution >= 0.6 is 11.3 Å². The molecule has 112 valence electrons. The first-order chi connectivity index (χ1) is 10.1. The molecule has 3 rings (SSSR count). The smallest absolute Gasteiger partial charge is 0.234 e. The lowest BCUT2D eigenvalue weighted by Crippen LogP contribution is -2.41. The molecule has 0 aliphatic carbocycles. The highest BCUT2D eigenvalue weighted by molar-refractivity contribution is 7.09. The standard InChI is InChI=1S/C15H20N4OS/c1-11-12(2)19-6-5-18(9-14(19)17-11)10-15(20)16-8-13-4-3-7-21-13/h3-4,7H,5-6,8-10H2,1-2H3,(H,16,20). The molecule has 0 atom stereocenters. The second-order valence-electron chi connectivity index (χ2n) is 5.42. The summed E-state index contributed by atoms with van der Waals surface area (Å²) in [6.45, 7) is 7.78. The molecule has 5 nitrogen and oxygen atoms in total. The van der Waals surface area contributed by atoms with Crippen LogP contribution in [0.25, 0.3) is 0 Å². The minimum absolute atomic E-state index is 0.0804. The van der Waals surface area contributed by atoms with E-state index in [1.54, 1.807) is 11.3 Å². The Morgan fingerprint density at radius 3 is 3.05 bits per heavy atom. The molecule has 1 amide bonds. The van der Waals surface area contributed by atoms with Gasteiger partial charge in [-0.05, 0) is 25.3 Å². The second-order valence-corrected chi connectivity index (χ2v) is 6.45. The molecular formula is C15H20N4OS. The average Bonchev–Trinajstić information content (AvgIpc) is 3.06. The molecule has 2 aromatic rings. The number of aryl methyl sites for hydroxylation is 1. The van der Waals surface area contributed by atoms with Crippen molar-refractivity contribution in [1.82, 2.24) is 19.8 Å². The van der Waals surface area contributed by atoms with E-state index in [-0.39, 0.29) is 5.91 Å². The Morgan fingerprint density at radius 2 is 2.29 bits per heavy atom. The fourth-order valence-corrected chi connectivity index (χ4v) is 3.30. The van der Waals surface area contributed by atoms with Crippen molar-refractivity contribution in [1.29, 1.82) is 0 Å². The highest BCUT2D eigenvalue weighted by atomic mass is 32.1. The van der Waals surface area contributed by atoms with Gasteiger partial charge in [0, 0.05) is 23.7 Å². The predicted molar refractivity (Wildman–Crippen MR) is 83.1 cm³/mol. The summed E-state index contributed by atoms with van der Waals surface area (Å²) in [5.74, 6) is 1.15. The average molecular weight is 304 g/mol. The lowest BCUT2D eigenvalue weighted by molar-refractivity contribution is -0.122. The summed E-state index contributed by atoms with van der Waals surface area (Å²) in [4.78, 5) is 19.9. The van der Waals surface area contributed by atoms with E-state index >= 15 is 0 Å². The van der Waals surface area contributed by atoms with Crippen LogP contribution in [-0.4, -0.2) is 33.4 Å². The van der Waals surface area contributed by atoms with E-state index in [1.165, 1.54) is 10.6 Å². The predicted octanol–water partition coefficient (Wildman–Crippen LogP) is 1.69. The van der Waals surface area contributed by atoms with E-state index in [4.69, 9.17) is 0 Å². The van der Waals surface area contributed by atoms with E-state index in [0.717, 1.165) is 31.2 Å². The van der Waals surface area contributed by atoms with Gasteiger partial charge in [0.05, 0.1) is 25.3 Å². The zero-order chi connectivity index (χ0) is 14.8. The molecule has 0 saturated carbocycles. The first-order valence-corrected chi connectivity index (χ1v) is 8.05. The summed E-state index contributed by atoms with van der Waals surface area (Å²) in [5.41, 5.74) is 2.33. The highest BCUT2D eigenvalue weighted by Crippen LogP contribution is 2.16. The third-order valence-corrected chi connectivity index (χ3v) is 4.83. The Labute approximate surface area is 128 Å². The maximum Gasteiger partial charge on any atom is 0.234 e. The maximum absolute atomic E-state index is 12.0. The molecule has 1 N–H and O–H groups in total. The normalized spacial score (nSPS) is 15.0. The van der Waals surface area contributed by atoms with Gasteiger partial charge >= 0.3 is 0 Å².